The monoisotopic (exact) mass is 242 g/mol. The van der Waals surface area contributed by atoms with Crippen molar-refractivity contribution < 1.29 is 13.6 Å². The highest BCUT2D eigenvalue weighted by molar-refractivity contribution is 5.75. The van der Waals surface area contributed by atoms with Gasteiger partial charge in [-0.25, -0.2) is 8.78 Å². The summed E-state index contributed by atoms with van der Waals surface area (Å²) in [5, 5.41) is 3.06. The lowest BCUT2D eigenvalue weighted by Gasteiger charge is -2.30. The molecule has 3 nitrogen and oxygen atoms in total. The van der Waals surface area contributed by atoms with Crippen LogP contribution in [0, 0.1) is 11.6 Å². The van der Waals surface area contributed by atoms with Gasteiger partial charge in [0.15, 0.2) is 11.6 Å². The van der Waals surface area contributed by atoms with Crippen LogP contribution in [0.3, 0.4) is 0 Å². The van der Waals surface area contributed by atoms with E-state index in [1.165, 1.54) is 6.07 Å². The molecule has 1 aromatic carbocycles. The van der Waals surface area contributed by atoms with Gasteiger partial charge in [-0.1, -0.05) is 13.0 Å². The minimum absolute atomic E-state index is 0.0198. The van der Waals surface area contributed by atoms with Gasteiger partial charge < -0.3 is 11.1 Å². The quantitative estimate of drug-likeness (QED) is 0.825. The van der Waals surface area contributed by atoms with Gasteiger partial charge in [-0.15, -0.1) is 0 Å². The minimum Gasteiger partial charge on any atom is -0.370 e. The number of halogens is 2. The highest BCUT2D eigenvalue weighted by atomic mass is 19.2. The first-order valence-corrected chi connectivity index (χ1v) is 5.38. The second-order valence-electron chi connectivity index (χ2n) is 4.13. The van der Waals surface area contributed by atoms with Gasteiger partial charge in [0.05, 0.1) is 0 Å². The summed E-state index contributed by atoms with van der Waals surface area (Å²) in [7, 11) is 0. The Hall–Kier alpha value is -1.49. The SMILES string of the molecule is CCNC(C)(CC(N)=O)c1ccc(F)c(F)c1. The van der Waals surface area contributed by atoms with Crippen LogP contribution in [0.25, 0.3) is 0 Å². The number of hydrogen-bond acceptors (Lipinski definition) is 2. The van der Waals surface area contributed by atoms with Crippen molar-refractivity contribution in [1.82, 2.24) is 5.32 Å². The van der Waals surface area contributed by atoms with Crippen molar-refractivity contribution in [3.8, 4) is 0 Å². The largest absolute Gasteiger partial charge is 0.370 e. The maximum atomic E-state index is 13.2. The molecule has 0 aliphatic rings. The fraction of sp³-hybridized carbons (Fsp3) is 0.417. The highest BCUT2D eigenvalue weighted by Gasteiger charge is 2.28. The Kier molecular flexibility index (Phi) is 4.17. The van der Waals surface area contributed by atoms with E-state index < -0.39 is 23.1 Å². The number of rotatable bonds is 5. The van der Waals surface area contributed by atoms with Crippen molar-refractivity contribution in [2.24, 2.45) is 5.73 Å². The summed E-state index contributed by atoms with van der Waals surface area (Å²) in [6, 6.07) is 3.58. The summed E-state index contributed by atoms with van der Waals surface area (Å²) in [6.07, 6.45) is 0.0198. The van der Waals surface area contributed by atoms with Gasteiger partial charge in [0.1, 0.15) is 0 Å². The van der Waals surface area contributed by atoms with E-state index in [2.05, 4.69) is 5.32 Å². The molecule has 0 spiro atoms. The van der Waals surface area contributed by atoms with E-state index in [0.29, 0.717) is 12.1 Å². The van der Waals surface area contributed by atoms with Gasteiger partial charge in [-0.3, -0.25) is 4.79 Å². The summed E-state index contributed by atoms with van der Waals surface area (Å²) in [5.41, 5.74) is 4.88. The summed E-state index contributed by atoms with van der Waals surface area (Å²) in [5.74, 6) is -2.35. The number of benzene rings is 1. The molecule has 0 aliphatic heterocycles. The highest BCUT2D eigenvalue weighted by Crippen LogP contribution is 2.25. The van der Waals surface area contributed by atoms with Crippen LogP contribution < -0.4 is 11.1 Å². The fourth-order valence-corrected chi connectivity index (χ4v) is 1.84. The maximum absolute atomic E-state index is 13.2. The molecule has 94 valence electrons. The number of primary amides is 1. The zero-order valence-electron chi connectivity index (χ0n) is 9.89. The second-order valence-corrected chi connectivity index (χ2v) is 4.13. The summed E-state index contributed by atoms with van der Waals surface area (Å²) < 4.78 is 26.0. The molecule has 1 unspecified atom stereocenters. The third-order valence-electron chi connectivity index (χ3n) is 2.65. The van der Waals surface area contributed by atoms with E-state index in [9.17, 15) is 13.6 Å². The Morgan fingerprint density at radius 3 is 2.53 bits per heavy atom. The van der Waals surface area contributed by atoms with Crippen molar-refractivity contribution in [1.29, 1.82) is 0 Å². The van der Waals surface area contributed by atoms with E-state index >= 15 is 0 Å². The Morgan fingerprint density at radius 1 is 1.41 bits per heavy atom. The zero-order chi connectivity index (χ0) is 13.1. The van der Waals surface area contributed by atoms with Crippen molar-refractivity contribution in [3.63, 3.8) is 0 Å². The van der Waals surface area contributed by atoms with Crippen LogP contribution in [-0.4, -0.2) is 12.5 Å². The average molecular weight is 242 g/mol. The molecule has 1 aromatic rings. The predicted octanol–water partition coefficient (Wildman–Crippen LogP) is 1.66. The molecule has 17 heavy (non-hydrogen) atoms. The molecular weight excluding hydrogens is 226 g/mol. The molecule has 0 aliphatic carbocycles. The molecule has 0 heterocycles. The van der Waals surface area contributed by atoms with Crippen molar-refractivity contribution in [2.45, 2.75) is 25.8 Å². The molecular formula is C12H16F2N2O. The van der Waals surface area contributed by atoms with Gasteiger partial charge in [-0.05, 0) is 31.2 Å². The molecule has 0 radical (unpaired) electrons. The molecule has 0 bridgehead atoms. The van der Waals surface area contributed by atoms with Crippen LogP contribution in [0.15, 0.2) is 18.2 Å². The first-order valence-electron chi connectivity index (χ1n) is 5.38. The molecule has 0 fully saturated rings. The van der Waals surface area contributed by atoms with E-state index in [-0.39, 0.29) is 6.42 Å². The Labute approximate surface area is 99.0 Å². The number of hydrogen-bond donors (Lipinski definition) is 2. The molecule has 0 aromatic heterocycles. The smallest absolute Gasteiger partial charge is 0.219 e. The van der Waals surface area contributed by atoms with E-state index in [0.717, 1.165) is 12.1 Å². The zero-order valence-corrected chi connectivity index (χ0v) is 9.89. The Morgan fingerprint density at radius 2 is 2.06 bits per heavy atom. The molecule has 3 N–H and O–H groups in total. The summed E-state index contributed by atoms with van der Waals surface area (Å²) in [4.78, 5) is 11.0. The first-order chi connectivity index (χ1) is 7.89. The molecule has 1 amide bonds. The van der Waals surface area contributed by atoms with Crippen LogP contribution in [0.2, 0.25) is 0 Å². The van der Waals surface area contributed by atoms with E-state index in [1.54, 1.807) is 6.92 Å². The van der Waals surface area contributed by atoms with E-state index in [4.69, 9.17) is 5.73 Å². The third-order valence-corrected chi connectivity index (χ3v) is 2.65. The fourth-order valence-electron chi connectivity index (χ4n) is 1.84. The first kappa shape index (κ1) is 13.6. The minimum atomic E-state index is -0.934. The predicted molar refractivity (Wildman–Crippen MR) is 61.2 cm³/mol. The number of amides is 1. The summed E-state index contributed by atoms with van der Waals surface area (Å²) in [6.45, 7) is 4.18. The summed E-state index contributed by atoms with van der Waals surface area (Å²) >= 11 is 0. The normalized spacial score (nSPS) is 14.4. The lowest BCUT2D eigenvalue weighted by atomic mass is 9.88. The van der Waals surface area contributed by atoms with Crippen LogP contribution in [0.4, 0.5) is 8.78 Å². The molecule has 1 rings (SSSR count). The van der Waals surface area contributed by atoms with E-state index in [1.807, 2.05) is 6.92 Å². The molecule has 0 saturated carbocycles. The lowest BCUT2D eigenvalue weighted by molar-refractivity contribution is -0.119. The number of nitrogens with one attached hydrogen (secondary N) is 1. The van der Waals surface area contributed by atoms with Crippen LogP contribution in [0.5, 0.6) is 0 Å². The van der Waals surface area contributed by atoms with Crippen molar-refractivity contribution in [2.75, 3.05) is 6.54 Å². The Balaban J connectivity index is 3.12. The van der Waals surface area contributed by atoms with Crippen molar-refractivity contribution in [3.05, 3.63) is 35.4 Å². The number of carbonyl (C=O) groups is 1. The van der Waals surface area contributed by atoms with Gasteiger partial charge in [0.25, 0.3) is 0 Å². The average Bonchev–Trinajstić information content (AvgIpc) is 2.21. The Bertz CT molecular complexity index is 423. The molecule has 1 atom stereocenters. The topological polar surface area (TPSA) is 55.1 Å². The maximum Gasteiger partial charge on any atom is 0.219 e. The second kappa shape index (κ2) is 5.23. The van der Waals surface area contributed by atoms with Gasteiger partial charge >= 0.3 is 0 Å². The lowest BCUT2D eigenvalue weighted by Crippen LogP contribution is -2.42. The van der Waals surface area contributed by atoms with Gasteiger partial charge in [0.2, 0.25) is 5.91 Å². The third kappa shape index (κ3) is 3.23. The van der Waals surface area contributed by atoms with Crippen LogP contribution in [0.1, 0.15) is 25.8 Å². The van der Waals surface area contributed by atoms with Crippen LogP contribution >= 0.6 is 0 Å². The van der Waals surface area contributed by atoms with Gasteiger partial charge in [-0.2, -0.15) is 0 Å². The molecule has 5 heteroatoms. The van der Waals surface area contributed by atoms with Gasteiger partial charge in [0, 0.05) is 12.0 Å². The molecule has 0 saturated heterocycles. The van der Waals surface area contributed by atoms with Crippen LogP contribution in [-0.2, 0) is 10.3 Å². The standard InChI is InChI=1S/C12H16F2N2O/c1-3-16-12(2,7-11(15)17)8-4-5-9(13)10(14)6-8/h4-6,16H,3,7H2,1-2H3,(H2,15,17). The number of nitrogens with two attached hydrogens (primary N) is 1. The number of carbonyl (C=O) groups excluding carboxylic acids is 1. The van der Waals surface area contributed by atoms with Crippen molar-refractivity contribution >= 4 is 5.91 Å².